The molecule has 6 heteroatoms. The van der Waals surface area contributed by atoms with Crippen molar-refractivity contribution in [2.45, 2.75) is 44.9 Å². The molecule has 1 saturated heterocycles. The third-order valence-corrected chi connectivity index (χ3v) is 5.84. The minimum Gasteiger partial charge on any atom is -0.338 e. The highest BCUT2D eigenvalue weighted by atomic mass is 32.2. The van der Waals surface area contributed by atoms with Crippen molar-refractivity contribution in [1.29, 1.82) is 0 Å². The molecule has 1 aromatic rings. The van der Waals surface area contributed by atoms with E-state index in [-0.39, 0.29) is 22.7 Å². The normalized spacial score (nSPS) is 17.5. The van der Waals surface area contributed by atoms with Gasteiger partial charge in [-0.15, -0.1) is 11.8 Å². The Morgan fingerprint density at radius 3 is 2.54 bits per heavy atom. The van der Waals surface area contributed by atoms with Gasteiger partial charge in [-0.2, -0.15) is 0 Å². The lowest BCUT2D eigenvalue weighted by Crippen LogP contribution is -2.42. The molecule has 0 saturated carbocycles. The number of hydrogen-bond acceptors (Lipinski definition) is 3. The highest BCUT2D eigenvalue weighted by Crippen LogP contribution is 2.39. The lowest BCUT2D eigenvalue weighted by atomic mass is 9.87. The molecular weight excluding hydrogens is 346 g/mol. The van der Waals surface area contributed by atoms with Gasteiger partial charge in [-0.25, -0.2) is 4.79 Å². The van der Waals surface area contributed by atoms with E-state index in [4.69, 9.17) is 0 Å². The monoisotopic (exact) mass is 377 g/mol. The fourth-order valence-electron chi connectivity index (χ4n) is 2.85. The van der Waals surface area contributed by atoms with Crippen LogP contribution in [0.4, 0.5) is 4.79 Å². The average molecular weight is 378 g/mol. The van der Waals surface area contributed by atoms with E-state index >= 15 is 0 Å². The van der Waals surface area contributed by atoms with E-state index in [1.54, 1.807) is 23.7 Å². The number of amides is 3. The van der Waals surface area contributed by atoms with Crippen molar-refractivity contribution in [3.63, 3.8) is 0 Å². The van der Waals surface area contributed by atoms with Crippen LogP contribution in [0.15, 0.2) is 24.3 Å². The van der Waals surface area contributed by atoms with Gasteiger partial charge in [0.15, 0.2) is 0 Å². The molecule has 5 nitrogen and oxygen atoms in total. The number of nitrogens with one attached hydrogen (secondary N) is 1. The van der Waals surface area contributed by atoms with E-state index in [2.05, 4.69) is 50.4 Å². The molecule has 144 valence electrons. The van der Waals surface area contributed by atoms with E-state index in [1.165, 1.54) is 5.56 Å². The molecule has 1 aromatic carbocycles. The topological polar surface area (TPSA) is 52.7 Å². The summed E-state index contributed by atoms with van der Waals surface area (Å²) < 4.78 is 0. The molecule has 0 bridgehead atoms. The van der Waals surface area contributed by atoms with Crippen molar-refractivity contribution in [3.05, 3.63) is 35.4 Å². The number of likely N-dealkylation sites (N-methyl/N-ethyl adjacent to an activating group) is 1. The quantitative estimate of drug-likeness (QED) is 0.824. The molecule has 1 N–H and O–H groups in total. The largest absolute Gasteiger partial charge is 0.338 e. The summed E-state index contributed by atoms with van der Waals surface area (Å²) in [5, 5.41) is 2.89. The Kier molecular flexibility index (Phi) is 6.98. The zero-order chi connectivity index (χ0) is 19.3. The summed E-state index contributed by atoms with van der Waals surface area (Å²) in [6, 6.07) is 8.48. The Morgan fingerprint density at radius 1 is 1.31 bits per heavy atom. The lowest BCUT2D eigenvalue weighted by Gasteiger charge is -2.27. The Balaban J connectivity index is 2.01. The summed E-state index contributed by atoms with van der Waals surface area (Å²) in [4.78, 5) is 27.8. The van der Waals surface area contributed by atoms with E-state index in [1.807, 2.05) is 11.8 Å². The molecular formula is C20H31N3O2S. The minimum absolute atomic E-state index is 0.0311. The predicted octanol–water partition coefficient (Wildman–Crippen LogP) is 3.61. The number of nitrogens with zero attached hydrogens (tertiary/aromatic N) is 2. The fraction of sp³-hybridized carbons (Fsp3) is 0.600. The standard InChI is InChI=1S/C20H31N3O2S/c1-6-11-21-19(25)22(5)12-13-23-17(24)14-26-18(23)15-7-9-16(10-8-15)20(2,3)4/h7-10,18H,6,11-14H2,1-5H3,(H,21,25). The average Bonchev–Trinajstić information content (AvgIpc) is 2.97. The molecule has 2 rings (SSSR count). The van der Waals surface area contributed by atoms with Crippen molar-refractivity contribution >= 4 is 23.7 Å². The van der Waals surface area contributed by atoms with Gasteiger partial charge in [-0.1, -0.05) is 52.0 Å². The van der Waals surface area contributed by atoms with Crippen LogP contribution in [0.5, 0.6) is 0 Å². The number of thioether (sulfide) groups is 1. The molecule has 0 radical (unpaired) electrons. The summed E-state index contributed by atoms with van der Waals surface area (Å²) in [6.07, 6.45) is 0.910. The van der Waals surface area contributed by atoms with Crippen LogP contribution >= 0.6 is 11.8 Å². The van der Waals surface area contributed by atoms with Gasteiger partial charge in [-0.05, 0) is 23.0 Å². The van der Waals surface area contributed by atoms with Gasteiger partial charge in [-0.3, -0.25) is 4.79 Å². The van der Waals surface area contributed by atoms with E-state index in [0.29, 0.717) is 25.4 Å². The fourth-order valence-corrected chi connectivity index (χ4v) is 4.06. The van der Waals surface area contributed by atoms with Crippen molar-refractivity contribution in [2.24, 2.45) is 0 Å². The molecule has 0 aromatic heterocycles. The van der Waals surface area contributed by atoms with Crippen LogP contribution in [0.2, 0.25) is 0 Å². The molecule has 0 spiro atoms. The first-order valence-electron chi connectivity index (χ1n) is 9.24. The summed E-state index contributed by atoms with van der Waals surface area (Å²) in [5.41, 5.74) is 2.55. The SMILES string of the molecule is CCCNC(=O)N(C)CCN1C(=O)CSC1c1ccc(C(C)(C)C)cc1. The second-order valence-electron chi connectivity index (χ2n) is 7.78. The van der Waals surface area contributed by atoms with Crippen LogP contribution < -0.4 is 5.32 Å². The second kappa shape index (κ2) is 8.80. The first-order valence-corrected chi connectivity index (χ1v) is 10.3. The summed E-state index contributed by atoms with van der Waals surface area (Å²) >= 11 is 1.66. The van der Waals surface area contributed by atoms with Crippen molar-refractivity contribution in [2.75, 3.05) is 32.4 Å². The molecule has 1 atom stereocenters. The van der Waals surface area contributed by atoms with Crippen LogP contribution in [0.25, 0.3) is 0 Å². The van der Waals surface area contributed by atoms with Gasteiger partial charge in [0.05, 0.1) is 5.75 Å². The molecule has 26 heavy (non-hydrogen) atoms. The van der Waals surface area contributed by atoms with Gasteiger partial charge in [0.1, 0.15) is 5.37 Å². The molecule has 3 amide bonds. The highest BCUT2D eigenvalue weighted by Gasteiger charge is 2.33. The van der Waals surface area contributed by atoms with E-state index < -0.39 is 0 Å². The van der Waals surface area contributed by atoms with Gasteiger partial charge < -0.3 is 15.1 Å². The maximum atomic E-state index is 12.3. The maximum Gasteiger partial charge on any atom is 0.317 e. The van der Waals surface area contributed by atoms with Crippen LogP contribution in [0, 0.1) is 0 Å². The second-order valence-corrected chi connectivity index (χ2v) is 8.84. The molecule has 1 aliphatic rings. The summed E-state index contributed by atoms with van der Waals surface area (Å²) in [6.45, 7) is 10.4. The van der Waals surface area contributed by atoms with Gasteiger partial charge in [0.2, 0.25) is 5.91 Å². The smallest absolute Gasteiger partial charge is 0.317 e. The van der Waals surface area contributed by atoms with Crippen molar-refractivity contribution in [3.8, 4) is 0 Å². The third-order valence-electron chi connectivity index (χ3n) is 4.58. The first-order chi connectivity index (χ1) is 12.2. The van der Waals surface area contributed by atoms with Gasteiger partial charge >= 0.3 is 6.03 Å². The van der Waals surface area contributed by atoms with E-state index in [9.17, 15) is 9.59 Å². The zero-order valence-corrected chi connectivity index (χ0v) is 17.4. The van der Waals surface area contributed by atoms with Crippen molar-refractivity contribution < 1.29 is 9.59 Å². The lowest BCUT2D eigenvalue weighted by molar-refractivity contribution is -0.128. The third kappa shape index (κ3) is 5.16. The first kappa shape index (κ1) is 20.6. The highest BCUT2D eigenvalue weighted by molar-refractivity contribution is 8.00. The van der Waals surface area contributed by atoms with Crippen molar-refractivity contribution in [1.82, 2.24) is 15.1 Å². The number of rotatable bonds is 6. The molecule has 1 unspecified atom stereocenters. The minimum atomic E-state index is -0.0859. The summed E-state index contributed by atoms with van der Waals surface area (Å²) in [5.74, 6) is 0.638. The zero-order valence-electron chi connectivity index (χ0n) is 16.5. The molecule has 1 aliphatic heterocycles. The molecule has 1 fully saturated rings. The Morgan fingerprint density at radius 2 is 1.96 bits per heavy atom. The number of benzene rings is 1. The van der Waals surface area contributed by atoms with Gasteiger partial charge in [0.25, 0.3) is 0 Å². The van der Waals surface area contributed by atoms with Crippen LogP contribution in [-0.2, 0) is 10.2 Å². The van der Waals surface area contributed by atoms with Crippen LogP contribution in [0.1, 0.15) is 50.6 Å². The van der Waals surface area contributed by atoms with Crippen LogP contribution in [-0.4, -0.2) is 54.2 Å². The Labute approximate surface area is 161 Å². The Hall–Kier alpha value is -1.69. The van der Waals surface area contributed by atoms with E-state index in [0.717, 1.165) is 12.0 Å². The number of urea groups is 1. The number of carbonyl (C=O) groups excluding carboxylic acids is 2. The summed E-state index contributed by atoms with van der Waals surface area (Å²) in [7, 11) is 1.77. The maximum absolute atomic E-state index is 12.3. The molecule has 1 heterocycles. The predicted molar refractivity (Wildman–Crippen MR) is 108 cm³/mol. The Bertz CT molecular complexity index is 625. The van der Waals surface area contributed by atoms with Crippen LogP contribution in [0.3, 0.4) is 0 Å². The number of carbonyl (C=O) groups is 2. The number of hydrogen-bond donors (Lipinski definition) is 1. The molecule has 0 aliphatic carbocycles. The van der Waals surface area contributed by atoms with Gasteiger partial charge in [0, 0.05) is 26.7 Å².